The number of amides is 1. The Morgan fingerprint density at radius 2 is 1.88 bits per heavy atom. The van der Waals surface area contributed by atoms with Crippen LogP contribution in [0.3, 0.4) is 0 Å². The molecule has 0 spiro atoms. The molecule has 0 radical (unpaired) electrons. The van der Waals surface area contributed by atoms with Gasteiger partial charge in [0.2, 0.25) is 0 Å². The molecule has 0 fully saturated rings. The molecule has 0 aliphatic carbocycles. The maximum Gasteiger partial charge on any atom is 0.267 e. The van der Waals surface area contributed by atoms with E-state index < -0.39 is 23.1 Å². The minimum Gasteiger partial charge on any atom is -0.454 e. The van der Waals surface area contributed by atoms with Gasteiger partial charge in [0.25, 0.3) is 11.5 Å². The molecule has 3 heterocycles. The van der Waals surface area contributed by atoms with Crippen LogP contribution in [0.5, 0.6) is 11.5 Å². The summed E-state index contributed by atoms with van der Waals surface area (Å²) in [6, 6.07) is 13.9. The van der Waals surface area contributed by atoms with Crippen LogP contribution in [0.15, 0.2) is 77.9 Å². The fraction of sp³-hybridized carbons (Fsp3) is 0.0800. The van der Waals surface area contributed by atoms with E-state index in [1.54, 1.807) is 12.3 Å². The van der Waals surface area contributed by atoms with Gasteiger partial charge in [-0.15, -0.1) is 0 Å². The Morgan fingerprint density at radius 3 is 2.68 bits per heavy atom. The summed E-state index contributed by atoms with van der Waals surface area (Å²) in [5.74, 6) is -0.590. The third-order valence-corrected chi connectivity index (χ3v) is 5.39. The first kappa shape index (κ1) is 21.3. The molecule has 7 nitrogen and oxygen atoms in total. The van der Waals surface area contributed by atoms with E-state index >= 15 is 0 Å². The Hall–Kier alpha value is -4.53. The van der Waals surface area contributed by atoms with Crippen molar-refractivity contribution in [3.63, 3.8) is 0 Å². The molecule has 2 aromatic heterocycles. The molecule has 4 aromatic rings. The van der Waals surface area contributed by atoms with Crippen molar-refractivity contribution in [1.82, 2.24) is 9.55 Å². The molecule has 2 N–H and O–H groups in total. The molecule has 5 rings (SSSR count). The summed E-state index contributed by atoms with van der Waals surface area (Å²) >= 11 is 0. The van der Waals surface area contributed by atoms with Gasteiger partial charge < -0.3 is 15.4 Å². The molecule has 170 valence electrons. The first-order valence-corrected chi connectivity index (χ1v) is 10.5. The van der Waals surface area contributed by atoms with Gasteiger partial charge in [-0.05, 0) is 61.0 Å². The smallest absolute Gasteiger partial charge is 0.267 e. The van der Waals surface area contributed by atoms with Crippen molar-refractivity contribution in [2.75, 3.05) is 17.2 Å². The molecule has 0 atom stereocenters. The van der Waals surface area contributed by atoms with E-state index in [4.69, 9.17) is 4.74 Å². The number of carbonyl (C=O) groups is 1. The monoisotopic (exact) mass is 460 g/mol. The van der Waals surface area contributed by atoms with E-state index in [-0.39, 0.29) is 17.0 Å². The van der Waals surface area contributed by atoms with Crippen LogP contribution in [0.2, 0.25) is 0 Å². The quantitative estimate of drug-likeness (QED) is 0.457. The summed E-state index contributed by atoms with van der Waals surface area (Å²) in [6.07, 6.45) is 3.78. The minimum absolute atomic E-state index is 0.00308. The highest BCUT2D eigenvalue weighted by atomic mass is 19.1. The number of benzene rings is 2. The summed E-state index contributed by atoms with van der Waals surface area (Å²) in [4.78, 5) is 29.8. The average molecular weight is 460 g/mol. The molecule has 1 amide bonds. The fourth-order valence-electron chi connectivity index (χ4n) is 3.72. The van der Waals surface area contributed by atoms with Crippen LogP contribution in [0.1, 0.15) is 15.9 Å². The van der Waals surface area contributed by atoms with Crippen molar-refractivity contribution < 1.29 is 18.3 Å². The SMILES string of the molecule is O=C(Nc1ccc(Oc2ccnc3c2CCN3)c(F)c1)c1cccn(-c2ccc(F)cc2)c1=O. The normalized spacial score (nSPS) is 12.1. The van der Waals surface area contributed by atoms with E-state index in [2.05, 4.69) is 15.6 Å². The number of hydrogen-bond acceptors (Lipinski definition) is 5. The molecule has 2 aromatic carbocycles. The molecule has 0 unspecified atom stereocenters. The van der Waals surface area contributed by atoms with Gasteiger partial charge >= 0.3 is 0 Å². The van der Waals surface area contributed by atoms with Crippen LogP contribution >= 0.6 is 0 Å². The standard InChI is InChI=1S/C25H18F2N4O3/c26-15-3-6-17(7-4-15)31-13-1-2-19(25(31)33)24(32)30-16-5-8-22(20(27)14-16)34-21-10-12-29-23-18(21)9-11-28-23/h1-8,10,12-14H,9,11H2,(H,28,29)(H,30,32). The average Bonchev–Trinajstić information content (AvgIpc) is 3.31. The van der Waals surface area contributed by atoms with Crippen molar-refractivity contribution in [2.24, 2.45) is 0 Å². The first-order valence-electron chi connectivity index (χ1n) is 10.5. The van der Waals surface area contributed by atoms with Crippen LogP contribution in [-0.4, -0.2) is 22.0 Å². The minimum atomic E-state index is -0.701. The Morgan fingerprint density at radius 1 is 1.06 bits per heavy atom. The lowest BCUT2D eigenvalue weighted by Crippen LogP contribution is -2.27. The maximum atomic E-state index is 14.7. The van der Waals surface area contributed by atoms with Gasteiger partial charge in [-0.1, -0.05) is 0 Å². The van der Waals surface area contributed by atoms with Gasteiger partial charge in [0, 0.05) is 41.9 Å². The third kappa shape index (κ3) is 4.11. The van der Waals surface area contributed by atoms with Gasteiger partial charge in [-0.3, -0.25) is 14.2 Å². The van der Waals surface area contributed by atoms with Crippen LogP contribution in [0.25, 0.3) is 5.69 Å². The Kier molecular flexibility index (Phi) is 5.51. The van der Waals surface area contributed by atoms with Crippen LogP contribution in [0, 0.1) is 11.6 Å². The van der Waals surface area contributed by atoms with E-state index in [1.807, 2.05) is 0 Å². The predicted molar refractivity (Wildman–Crippen MR) is 123 cm³/mol. The molecule has 34 heavy (non-hydrogen) atoms. The van der Waals surface area contributed by atoms with E-state index in [9.17, 15) is 18.4 Å². The number of aromatic nitrogens is 2. The maximum absolute atomic E-state index is 14.7. The number of carbonyl (C=O) groups excluding carboxylic acids is 1. The highest BCUT2D eigenvalue weighted by Crippen LogP contribution is 2.34. The van der Waals surface area contributed by atoms with Gasteiger partial charge in [0.05, 0.1) is 0 Å². The third-order valence-electron chi connectivity index (χ3n) is 5.39. The van der Waals surface area contributed by atoms with E-state index in [1.165, 1.54) is 59.3 Å². The van der Waals surface area contributed by atoms with Crippen LogP contribution < -0.4 is 20.9 Å². The number of halogens is 2. The molecule has 9 heteroatoms. The molecule has 0 saturated heterocycles. The highest BCUT2D eigenvalue weighted by molar-refractivity contribution is 6.04. The highest BCUT2D eigenvalue weighted by Gasteiger charge is 2.19. The zero-order valence-electron chi connectivity index (χ0n) is 17.7. The first-order chi connectivity index (χ1) is 16.5. The molecule has 1 aliphatic rings. The summed E-state index contributed by atoms with van der Waals surface area (Å²) < 4.78 is 34.9. The lowest BCUT2D eigenvalue weighted by molar-refractivity contribution is 0.102. The van der Waals surface area contributed by atoms with Gasteiger partial charge in [0.1, 0.15) is 22.9 Å². The number of fused-ring (bicyclic) bond motifs is 1. The zero-order chi connectivity index (χ0) is 23.7. The van der Waals surface area contributed by atoms with Crippen molar-refractivity contribution in [1.29, 1.82) is 0 Å². The van der Waals surface area contributed by atoms with Crippen LogP contribution in [0.4, 0.5) is 20.3 Å². The second kappa shape index (κ2) is 8.78. The van der Waals surface area contributed by atoms with Crippen molar-refractivity contribution in [2.45, 2.75) is 6.42 Å². The van der Waals surface area contributed by atoms with Crippen molar-refractivity contribution in [3.8, 4) is 17.2 Å². The predicted octanol–water partition coefficient (Wildman–Crippen LogP) is 4.52. The molecular weight excluding hydrogens is 442 g/mol. The second-order valence-corrected chi connectivity index (χ2v) is 7.59. The summed E-state index contributed by atoms with van der Waals surface area (Å²) in [6.45, 7) is 0.735. The topological polar surface area (TPSA) is 85.2 Å². The Bertz CT molecular complexity index is 1450. The number of nitrogens with one attached hydrogen (secondary N) is 2. The van der Waals surface area contributed by atoms with Crippen molar-refractivity contribution in [3.05, 3.63) is 106 Å². The lowest BCUT2D eigenvalue weighted by atomic mass is 10.2. The number of hydrogen-bond donors (Lipinski definition) is 2. The molecule has 0 bridgehead atoms. The van der Waals surface area contributed by atoms with Gasteiger partial charge in [-0.25, -0.2) is 13.8 Å². The summed E-state index contributed by atoms with van der Waals surface area (Å²) in [7, 11) is 0. The number of anilines is 2. The second-order valence-electron chi connectivity index (χ2n) is 7.59. The molecule has 0 saturated carbocycles. The number of rotatable bonds is 5. The zero-order valence-corrected chi connectivity index (χ0v) is 17.7. The lowest BCUT2D eigenvalue weighted by Gasteiger charge is -2.12. The largest absolute Gasteiger partial charge is 0.454 e. The fourth-order valence-corrected chi connectivity index (χ4v) is 3.72. The number of ether oxygens (including phenoxy) is 1. The Labute approximate surface area is 192 Å². The van der Waals surface area contributed by atoms with E-state index in [0.717, 1.165) is 30.4 Å². The molecular formula is C25H18F2N4O3. The van der Waals surface area contributed by atoms with Gasteiger partial charge in [-0.2, -0.15) is 0 Å². The number of pyridine rings is 2. The van der Waals surface area contributed by atoms with E-state index in [0.29, 0.717) is 11.4 Å². The number of nitrogens with zero attached hydrogens (tertiary/aromatic N) is 2. The van der Waals surface area contributed by atoms with Crippen LogP contribution in [-0.2, 0) is 6.42 Å². The summed E-state index contributed by atoms with van der Waals surface area (Å²) in [5.41, 5.74) is 0.708. The molecule has 1 aliphatic heterocycles. The van der Waals surface area contributed by atoms with Crippen molar-refractivity contribution >= 4 is 17.4 Å². The Balaban J connectivity index is 1.35. The summed E-state index contributed by atoms with van der Waals surface area (Å²) in [5, 5.41) is 5.66. The van der Waals surface area contributed by atoms with Gasteiger partial charge in [0.15, 0.2) is 11.6 Å².